The topological polar surface area (TPSA) is 46.2 Å². The third-order valence-electron chi connectivity index (χ3n) is 5.15. The second kappa shape index (κ2) is 6.69. The smallest absolute Gasteiger partial charge is 0.225 e. The average Bonchev–Trinajstić information content (AvgIpc) is 2.62. The van der Waals surface area contributed by atoms with E-state index in [0.717, 1.165) is 11.1 Å². The highest BCUT2D eigenvalue weighted by atomic mass is 35.5. The van der Waals surface area contributed by atoms with E-state index in [1.807, 2.05) is 12.1 Å². The zero-order valence-electron chi connectivity index (χ0n) is 14.0. The Bertz CT molecular complexity index is 903. The lowest BCUT2D eigenvalue weighted by molar-refractivity contribution is -0.122. The Labute approximate surface area is 155 Å². The Morgan fingerprint density at radius 3 is 2.23 bits per heavy atom. The van der Waals surface area contributed by atoms with Crippen LogP contribution in [-0.4, -0.2) is 11.7 Å². The van der Waals surface area contributed by atoms with Crippen LogP contribution in [0.1, 0.15) is 42.2 Å². The summed E-state index contributed by atoms with van der Waals surface area (Å²) in [6, 6.07) is 13.5. The molecule has 5 heteroatoms. The van der Waals surface area contributed by atoms with Gasteiger partial charge in [-0.15, -0.1) is 0 Å². The lowest BCUT2D eigenvalue weighted by Crippen LogP contribution is -2.38. The fourth-order valence-corrected chi connectivity index (χ4v) is 4.04. The van der Waals surface area contributed by atoms with E-state index in [1.54, 1.807) is 24.3 Å². The molecule has 0 fully saturated rings. The maximum atomic E-state index is 13.2. The van der Waals surface area contributed by atoms with Gasteiger partial charge >= 0.3 is 0 Å². The summed E-state index contributed by atoms with van der Waals surface area (Å²) in [6.45, 7) is 0. The summed E-state index contributed by atoms with van der Waals surface area (Å²) in [6.07, 6.45) is 1.19. The van der Waals surface area contributed by atoms with E-state index in [9.17, 15) is 14.0 Å². The molecule has 0 radical (unpaired) electrons. The van der Waals surface area contributed by atoms with Crippen LogP contribution in [0.4, 0.5) is 4.39 Å². The van der Waals surface area contributed by atoms with Crippen LogP contribution in [0, 0.1) is 5.82 Å². The van der Waals surface area contributed by atoms with Crippen molar-refractivity contribution in [2.24, 2.45) is 0 Å². The van der Waals surface area contributed by atoms with E-state index >= 15 is 0 Å². The molecule has 1 heterocycles. The standard InChI is InChI=1S/C21H17ClFNO2/c22-15-5-1-13(2-6-15)17-11-20(26)24-18-9-14(10-19(25)21(17)18)12-3-7-16(23)8-4-12/h1-8,14,17H,9-11H2,(H,24,26)/t14-,17-/m1/s1. The highest BCUT2D eigenvalue weighted by Crippen LogP contribution is 2.42. The fraction of sp³-hybridized carbons (Fsp3) is 0.238. The van der Waals surface area contributed by atoms with Crippen molar-refractivity contribution in [2.45, 2.75) is 31.1 Å². The SMILES string of the molecule is O=C1C[C@H](c2ccc(Cl)cc2)C2=C(C[C@@H](c3ccc(F)cc3)CC2=O)N1. The summed E-state index contributed by atoms with van der Waals surface area (Å²) in [7, 11) is 0. The molecular weight excluding hydrogens is 353 g/mol. The van der Waals surface area contributed by atoms with Crippen LogP contribution < -0.4 is 5.32 Å². The Kier molecular flexibility index (Phi) is 4.37. The molecule has 3 nitrogen and oxygen atoms in total. The minimum Gasteiger partial charge on any atom is -0.329 e. The molecule has 1 amide bonds. The highest BCUT2D eigenvalue weighted by molar-refractivity contribution is 6.30. The number of hydrogen-bond donors (Lipinski definition) is 1. The molecule has 0 aromatic heterocycles. The number of benzene rings is 2. The lowest BCUT2D eigenvalue weighted by Gasteiger charge is -2.34. The third-order valence-corrected chi connectivity index (χ3v) is 5.40. The van der Waals surface area contributed by atoms with Gasteiger partial charge in [-0.3, -0.25) is 9.59 Å². The first-order valence-corrected chi connectivity index (χ1v) is 8.96. The molecule has 1 aliphatic carbocycles. The van der Waals surface area contributed by atoms with Crippen LogP contribution in [0.3, 0.4) is 0 Å². The zero-order valence-corrected chi connectivity index (χ0v) is 14.7. The normalized spacial score (nSPS) is 22.8. The zero-order chi connectivity index (χ0) is 18.3. The molecule has 1 aliphatic heterocycles. The first-order chi connectivity index (χ1) is 12.5. The average molecular weight is 370 g/mol. The van der Waals surface area contributed by atoms with Gasteiger partial charge in [0.15, 0.2) is 5.78 Å². The summed E-state index contributed by atoms with van der Waals surface area (Å²) in [5.41, 5.74) is 3.23. The van der Waals surface area contributed by atoms with Crippen molar-refractivity contribution < 1.29 is 14.0 Å². The van der Waals surface area contributed by atoms with Crippen molar-refractivity contribution >= 4 is 23.3 Å². The molecule has 4 rings (SSSR count). The van der Waals surface area contributed by atoms with Crippen molar-refractivity contribution in [2.75, 3.05) is 0 Å². The van der Waals surface area contributed by atoms with Crippen molar-refractivity contribution in [3.8, 4) is 0 Å². The molecule has 0 unspecified atom stereocenters. The largest absolute Gasteiger partial charge is 0.329 e. The summed E-state index contributed by atoms with van der Waals surface area (Å²) >= 11 is 5.96. The fourth-order valence-electron chi connectivity index (χ4n) is 3.91. The van der Waals surface area contributed by atoms with Crippen LogP contribution in [0.5, 0.6) is 0 Å². The van der Waals surface area contributed by atoms with Crippen molar-refractivity contribution in [3.05, 3.63) is 81.8 Å². The third kappa shape index (κ3) is 3.17. The number of rotatable bonds is 2. The second-order valence-electron chi connectivity index (χ2n) is 6.83. The minimum atomic E-state index is -0.301. The first-order valence-electron chi connectivity index (χ1n) is 8.58. The molecular formula is C21H17ClFNO2. The van der Waals surface area contributed by atoms with Gasteiger partial charge in [0.1, 0.15) is 5.82 Å². The number of nitrogens with one attached hydrogen (secondary N) is 1. The molecule has 26 heavy (non-hydrogen) atoms. The van der Waals surface area contributed by atoms with Gasteiger partial charge in [0, 0.05) is 35.1 Å². The van der Waals surface area contributed by atoms with Gasteiger partial charge in [-0.05, 0) is 47.7 Å². The van der Waals surface area contributed by atoms with E-state index in [1.165, 1.54) is 12.1 Å². The lowest BCUT2D eigenvalue weighted by atomic mass is 9.73. The van der Waals surface area contributed by atoms with Crippen molar-refractivity contribution in [3.63, 3.8) is 0 Å². The van der Waals surface area contributed by atoms with Crippen LogP contribution in [0.2, 0.25) is 5.02 Å². The number of carbonyl (C=O) groups excluding carboxylic acids is 2. The van der Waals surface area contributed by atoms with Gasteiger partial charge in [0.25, 0.3) is 0 Å². The molecule has 2 aromatic carbocycles. The van der Waals surface area contributed by atoms with Gasteiger partial charge in [-0.2, -0.15) is 0 Å². The predicted octanol–water partition coefficient (Wildman–Crippen LogP) is 4.48. The van der Waals surface area contributed by atoms with Gasteiger partial charge < -0.3 is 5.32 Å². The number of allylic oxidation sites excluding steroid dienone is 2. The number of amides is 1. The summed E-state index contributed by atoms with van der Waals surface area (Å²) < 4.78 is 13.2. The van der Waals surface area contributed by atoms with E-state index in [0.29, 0.717) is 29.1 Å². The minimum absolute atomic E-state index is 0.0422. The summed E-state index contributed by atoms with van der Waals surface area (Å²) in [5, 5.41) is 3.51. The Balaban J connectivity index is 1.70. The number of ketones is 1. The Hall–Kier alpha value is -2.46. The van der Waals surface area contributed by atoms with Gasteiger partial charge in [-0.25, -0.2) is 4.39 Å². The molecule has 0 saturated carbocycles. The van der Waals surface area contributed by atoms with Gasteiger partial charge in [0.05, 0.1) is 0 Å². The second-order valence-corrected chi connectivity index (χ2v) is 7.27. The maximum Gasteiger partial charge on any atom is 0.225 e. The molecule has 0 spiro atoms. The molecule has 0 saturated heterocycles. The van der Waals surface area contributed by atoms with E-state index in [-0.39, 0.29) is 35.8 Å². The number of carbonyl (C=O) groups is 2. The van der Waals surface area contributed by atoms with E-state index in [2.05, 4.69) is 5.32 Å². The van der Waals surface area contributed by atoms with Crippen LogP contribution in [0.25, 0.3) is 0 Å². The molecule has 2 aromatic rings. The number of Topliss-reactive ketones (excluding diaryl/α,β-unsaturated/α-hetero) is 1. The van der Waals surface area contributed by atoms with E-state index < -0.39 is 0 Å². The molecule has 1 N–H and O–H groups in total. The quantitative estimate of drug-likeness (QED) is 0.848. The van der Waals surface area contributed by atoms with Gasteiger partial charge in [-0.1, -0.05) is 35.9 Å². The van der Waals surface area contributed by atoms with Crippen molar-refractivity contribution in [1.82, 2.24) is 5.32 Å². The highest BCUT2D eigenvalue weighted by Gasteiger charge is 2.38. The van der Waals surface area contributed by atoms with Gasteiger partial charge in [0.2, 0.25) is 5.91 Å². The Morgan fingerprint density at radius 1 is 0.885 bits per heavy atom. The molecule has 0 bridgehead atoms. The molecule has 2 aliphatic rings. The maximum absolute atomic E-state index is 13.2. The van der Waals surface area contributed by atoms with E-state index in [4.69, 9.17) is 11.6 Å². The predicted molar refractivity (Wildman–Crippen MR) is 97.4 cm³/mol. The monoisotopic (exact) mass is 369 g/mol. The molecule has 2 atom stereocenters. The number of halogens is 2. The number of hydrogen-bond acceptors (Lipinski definition) is 2. The molecule has 132 valence electrons. The van der Waals surface area contributed by atoms with Crippen LogP contribution in [0.15, 0.2) is 59.8 Å². The van der Waals surface area contributed by atoms with Crippen LogP contribution in [-0.2, 0) is 9.59 Å². The first kappa shape index (κ1) is 17.0. The Morgan fingerprint density at radius 2 is 1.54 bits per heavy atom. The van der Waals surface area contributed by atoms with Crippen molar-refractivity contribution in [1.29, 1.82) is 0 Å². The summed E-state index contributed by atoms with van der Waals surface area (Å²) in [5.74, 6) is -0.634. The summed E-state index contributed by atoms with van der Waals surface area (Å²) in [4.78, 5) is 25.2. The van der Waals surface area contributed by atoms with Crippen LogP contribution >= 0.6 is 11.6 Å².